The number of hydrogen-bond acceptors (Lipinski definition) is 1. The summed E-state index contributed by atoms with van der Waals surface area (Å²) in [6, 6.07) is 11.4. The Morgan fingerprint density at radius 3 is 2.25 bits per heavy atom. The van der Waals surface area contributed by atoms with Crippen LogP contribution >= 0.6 is 34.8 Å². The van der Waals surface area contributed by atoms with E-state index in [2.05, 4.69) is 4.85 Å². The van der Waals surface area contributed by atoms with Crippen LogP contribution in [-0.4, -0.2) is 0 Å². The van der Waals surface area contributed by atoms with E-state index >= 15 is 0 Å². The van der Waals surface area contributed by atoms with Crippen LogP contribution in [0.25, 0.3) is 4.85 Å². The van der Waals surface area contributed by atoms with Gasteiger partial charge in [0, 0.05) is 0 Å². The number of rotatable bonds is 2. The zero-order valence-electron chi connectivity index (χ0n) is 10.1. The van der Waals surface area contributed by atoms with Crippen molar-refractivity contribution in [1.82, 2.24) is 0 Å². The number of benzene rings is 2. The second kappa shape index (κ2) is 6.16. The van der Waals surface area contributed by atoms with Gasteiger partial charge in [0.1, 0.15) is 6.07 Å². The van der Waals surface area contributed by atoms with Crippen molar-refractivity contribution in [2.75, 3.05) is 0 Å². The largest absolute Gasteiger partial charge is 0.236 e. The Hall–Kier alpha value is -1.71. The van der Waals surface area contributed by atoms with Crippen LogP contribution in [0.5, 0.6) is 0 Å². The Morgan fingerprint density at radius 1 is 1.05 bits per heavy atom. The summed E-state index contributed by atoms with van der Waals surface area (Å²) >= 11 is 18.3. The van der Waals surface area contributed by atoms with Gasteiger partial charge in [-0.3, -0.25) is 0 Å². The van der Waals surface area contributed by atoms with Gasteiger partial charge in [0.05, 0.1) is 27.2 Å². The summed E-state index contributed by atoms with van der Waals surface area (Å²) in [5, 5.41) is 9.41. The summed E-state index contributed by atoms with van der Waals surface area (Å²) in [5.74, 6) is 0. The fraction of sp³-hybridized carbons (Fsp3) is 0.0667. The molecule has 0 bridgehead atoms. The lowest BCUT2D eigenvalue weighted by atomic mass is 10.0. The number of nitriles is 1. The van der Waals surface area contributed by atoms with Crippen LogP contribution < -0.4 is 0 Å². The molecule has 5 heteroatoms. The molecule has 2 aromatic rings. The quantitative estimate of drug-likeness (QED) is 0.518. The Balaban J connectivity index is 2.65. The van der Waals surface area contributed by atoms with Crippen molar-refractivity contribution in [3.63, 3.8) is 0 Å². The molecule has 0 spiro atoms. The Morgan fingerprint density at radius 2 is 1.70 bits per heavy atom. The van der Waals surface area contributed by atoms with Crippen molar-refractivity contribution >= 4 is 40.5 Å². The van der Waals surface area contributed by atoms with Crippen LogP contribution in [0.4, 0.5) is 5.69 Å². The molecule has 2 aromatic carbocycles. The molecule has 2 rings (SSSR count). The molecule has 0 aliphatic rings. The van der Waals surface area contributed by atoms with Crippen LogP contribution in [0.15, 0.2) is 30.3 Å². The fourth-order valence-corrected chi connectivity index (χ4v) is 2.71. The first kappa shape index (κ1) is 14.7. The monoisotopic (exact) mass is 320 g/mol. The van der Waals surface area contributed by atoms with Gasteiger partial charge in [0.15, 0.2) is 0 Å². The molecule has 98 valence electrons. The molecule has 0 saturated carbocycles. The van der Waals surface area contributed by atoms with Crippen molar-refractivity contribution in [3.8, 4) is 6.07 Å². The van der Waals surface area contributed by atoms with Crippen molar-refractivity contribution in [2.24, 2.45) is 0 Å². The smallest absolute Gasteiger partial charge is 0.211 e. The third-order valence-electron chi connectivity index (χ3n) is 2.84. The minimum Gasteiger partial charge on any atom is -0.236 e. The van der Waals surface area contributed by atoms with Crippen molar-refractivity contribution in [3.05, 3.63) is 73.5 Å². The molecule has 0 aliphatic carbocycles. The molecule has 0 saturated heterocycles. The lowest BCUT2D eigenvalue weighted by Gasteiger charge is -2.12. The van der Waals surface area contributed by atoms with E-state index in [1.54, 1.807) is 0 Å². The van der Waals surface area contributed by atoms with E-state index in [9.17, 15) is 0 Å². The summed E-state index contributed by atoms with van der Waals surface area (Å²) in [5.41, 5.74) is 1.75. The van der Waals surface area contributed by atoms with E-state index in [0.29, 0.717) is 12.0 Å². The topological polar surface area (TPSA) is 28.1 Å². The van der Waals surface area contributed by atoms with Gasteiger partial charge in [0.2, 0.25) is 5.69 Å². The van der Waals surface area contributed by atoms with E-state index in [-0.39, 0.29) is 26.3 Å². The molecule has 0 N–H and O–H groups in total. The SMILES string of the molecule is [C-]#[N+]c1c(Cl)c(C#N)c(Cl)c(Cl)c1Cc1ccccc1. The molecule has 0 heterocycles. The summed E-state index contributed by atoms with van der Waals surface area (Å²) in [6.07, 6.45) is 0.433. The second-order valence-electron chi connectivity index (χ2n) is 4.03. The second-order valence-corrected chi connectivity index (χ2v) is 5.16. The molecule has 0 atom stereocenters. The van der Waals surface area contributed by atoms with Crippen molar-refractivity contribution in [1.29, 1.82) is 5.26 Å². The Labute approximate surface area is 131 Å². The van der Waals surface area contributed by atoms with Crippen LogP contribution in [-0.2, 0) is 6.42 Å². The molecular formula is C15H7Cl3N2. The van der Waals surface area contributed by atoms with Crippen LogP contribution in [0.2, 0.25) is 15.1 Å². The lowest BCUT2D eigenvalue weighted by molar-refractivity contribution is 1.20. The van der Waals surface area contributed by atoms with Gasteiger partial charge >= 0.3 is 0 Å². The molecule has 2 nitrogen and oxygen atoms in total. The predicted octanol–water partition coefficient (Wildman–Crippen LogP) is 5.66. The van der Waals surface area contributed by atoms with E-state index in [0.717, 1.165) is 5.56 Å². The molecule has 0 radical (unpaired) electrons. The zero-order chi connectivity index (χ0) is 14.7. The molecular weight excluding hydrogens is 315 g/mol. The highest BCUT2D eigenvalue weighted by atomic mass is 35.5. The highest BCUT2D eigenvalue weighted by molar-refractivity contribution is 6.46. The van der Waals surface area contributed by atoms with Gasteiger partial charge in [-0.2, -0.15) is 5.26 Å². The van der Waals surface area contributed by atoms with Gasteiger partial charge in [-0.1, -0.05) is 65.1 Å². The van der Waals surface area contributed by atoms with E-state index in [1.807, 2.05) is 36.4 Å². The molecule has 0 unspecified atom stereocenters. The van der Waals surface area contributed by atoms with Gasteiger partial charge in [-0.25, -0.2) is 4.85 Å². The van der Waals surface area contributed by atoms with Crippen LogP contribution in [0, 0.1) is 17.9 Å². The summed E-state index contributed by atoms with van der Waals surface area (Å²) in [7, 11) is 0. The molecule has 0 aliphatic heterocycles. The lowest BCUT2D eigenvalue weighted by Crippen LogP contribution is -1.94. The number of nitrogens with zero attached hydrogens (tertiary/aromatic N) is 2. The number of halogens is 3. The van der Waals surface area contributed by atoms with E-state index in [1.165, 1.54) is 0 Å². The first-order valence-corrected chi connectivity index (χ1v) is 6.74. The first-order chi connectivity index (χ1) is 9.60. The minimum absolute atomic E-state index is 0.0427. The third kappa shape index (κ3) is 2.60. The van der Waals surface area contributed by atoms with Crippen molar-refractivity contribution < 1.29 is 0 Å². The molecule has 0 aromatic heterocycles. The minimum atomic E-state index is 0.0427. The summed E-state index contributed by atoms with van der Waals surface area (Å²) < 4.78 is 0. The fourth-order valence-electron chi connectivity index (χ4n) is 1.87. The molecule has 20 heavy (non-hydrogen) atoms. The van der Waals surface area contributed by atoms with Crippen LogP contribution in [0.1, 0.15) is 16.7 Å². The molecule has 0 fully saturated rings. The number of hydrogen-bond donors (Lipinski definition) is 0. The highest BCUT2D eigenvalue weighted by Gasteiger charge is 2.21. The van der Waals surface area contributed by atoms with Gasteiger partial charge in [-0.05, 0) is 17.5 Å². The summed E-state index contributed by atoms with van der Waals surface area (Å²) in [6.45, 7) is 7.26. The highest BCUT2D eigenvalue weighted by Crippen LogP contribution is 2.43. The van der Waals surface area contributed by atoms with Crippen LogP contribution in [0.3, 0.4) is 0 Å². The average molecular weight is 322 g/mol. The summed E-state index contributed by atoms with van der Waals surface area (Å²) in [4.78, 5) is 3.40. The average Bonchev–Trinajstić information content (AvgIpc) is 2.46. The maximum Gasteiger partial charge on any atom is 0.211 e. The van der Waals surface area contributed by atoms with E-state index in [4.69, 9.17) is 46.6 Å². The Bertz CT molecular complexity index is 741. The molecule has 0 amide bonds. The van der Waals surface area contributed by atoms with Gasteiger partial charge in [0.25, 0.3) is 0 Å². The maximum absolute atomic E-state index is 9.04. The standard InChI is InChI=1S/C15H7Cl3N2/c1-20-15-10(7-9-5-3-2-4-6-9)12(16)13(17)11(8-19)14(15)18/h2-6H,7H2. The normalized spacial score (nSPS) is 9.85. The zero-order valence-corrected chi connectivity index (χ0v) is 12.4. The predicted molar refractivity (Wildman–Crippen MR) is 81.7 cm³/mol. The van der Waals surface area contributed by atoms with Gasteiger partial charge in [-0.15, -0.1) is 0 Å². The van der Waals surface area contributed by atoms with E-state index < -0.39 is 0 Å². The Kier molecular flexibility index (Phi) is 4.53. The van der Waals surface area contributed by atoms with Gasteiger partial charge < -0.3 is 0 Å². The van der Waals surface area contributed by atoms with Crippen molar-refractivity contribution in [2.45, 2.75) is 6.42 Å². The first-order valence-electron chi connectivity index (χ1n) is 5.61. The maximum atomic E-state index is 9.04. The third-order valence-corrected chi connectivity index (χ3v) is 4.10.